The molecule has 0 bridgehead atoms. The highest BCUT2D eigenvalue weighted by atomic mass is 19.4. The van der Waals surface area contributed by atoms with Crippen LogP contribution in [0.3, 0.4) is 0 Å². The summed E-state index contributed by atoms with van der Waals surface area (Å²) in [6.07, 6.45) is -2.92. The van der Waals surface area contributed by atoms with Crippen LogP contribution in [0.5, 0.6) is 5.75 Å². The van der Waals surface area contributed by atoms with E-state index in [1.54, 1.807) is 12.1 Å². The van der Waals surface area contributed by atoms with E-state index in [9.17, 15) is 18.0 Å². The van der Waals surface area contributed by atoms with Gasteiger partial charge in [-0.2, -0.15) is 0 Å². The number of carbonyl (C=O) groups is 1. The van der Waals surface area contributed by atoms with Crippen molar-refractivity contribution in [1.29, 1.82) is 0 Å². The monoisotopic (exact) mass is 358 g/mol. The third-order valence-electron chi connectivity index (χ3n) is 4.17. The number of likely N-dealkylation sites (tertiary alicyclic amines) is 1. The van der Waals surface area contributed by atoms with Crippen LogP contribution in [0.25, 0.3) is 0 Å². The number of piperidine rings is 1. The lowest BCUT2D eigenvalue weighted by atomic mass is 9.94. The second-order valence-corrected chi connectivity index (χ2v) is 7.47. The lowest BCUT2D eigenvalue weighted by Gasteiger charge is -2.33. The first-order chi connectivity index (χ1) is 11.5. The molecule has 1 fully saturated rings. The zero-order chi connectivity index (χ0) is 18.7. The van der Waals surface area contributed by atoms with E-state index in [4.69, 9.17) is 0 Å². The smallest absolute Gasteiger partial charge is 0.406 e. The van der Waals surface area contributed by atoms with E-state index in [-0.39, 0.29) is 17.7 Å². The number of hydrogen-bond donors (Lipinski definition) is 1. The van der Waals surface area contributed by atoms with Gasteiger partial charge in [-0.1, -0.05) is 32.9 Å². The Labute approximate surface area is 146 Å². The minimum Gasteiger partial charge on any atom is -0.406 e. The van der Waals surface area contributed by atoms with Gasteiger partial charge in [0.15, 0.2) is 0 Å². The molecule has 0 aliphatic carbocycles. The Hall–Kier alpha value is -1.76. The molecule has 1 aromatic rings. The van der Waals surface area contributed by atoms with E-state index in [2.05, 4.69) is 15.0 Å². The highest BCUT2D eigenvalue weighted by molar-refractivity contribution is 5.81. The van der Waals surface area contributed by atoms with Gasteiger partial charge >= 0.3 is 6.36 Å². The van der Waals surface area contributed by atoms with Gasteiger partial charge in [0, 0.05) is 31.1 Å². The van der Waals surface area contributed by atoms with E-state index in [0.717, 1.165) is 31.5 Å². The number of carbonyl (C=O) groups excluding carboxylic acids is 1. The fraction of sp³-hybridized carbons (Fsp3) is 0.611. The standard InChI is InChI=1S/C18H25F3N2O2/c1-17(2,3)16(24)22-14-8-10-23(11-9-14)12-13-4-6-15(7-5-13)25-18(19,20)21/h4-7,14H,8-12H2,1-3H3,(H,22,24). The molecule has 1 N–H and O–H groups in total. The summed E-state index contributed by atoms with van der Waals surface area (Å²) in [6.45, 7) is 8.04. The van der Waals surface area contributed by atoms with Gasteiger partial charge in [0.25, 0.3) is 0 Å². The summed E-state index contributed by atoms with van der Waals surface area (Å²) < 4.78 is 40.3. The van der Waals surface area contributed by atoms with Crippen LogP contribution in [0, 0.1) is 5.41 Å². The van der Waals surface area contributed by atoms with Gasteiger partial charge in [-0.05, 0) is 30.5 Å². The second-order valence-electron chi connectivity index (χ2n) is 7.47. The van der Waals surface area contributed by atoms with Crippen LogP contribution >= 0.6 is 0 Å². The zero-order valence-electron chi connectivity index (χ0n) is 14.8. The van der Waals surface area contributed by atoms with Crippen molar-refractivity contribution in [3.8, 4) is 5.75 Å². The Balaban J connectivity index is 1.79. The molecular weight excluding hydrogens is 333 g/mol. The average molecular weight is 358 g/mol. The quantitative estimate of drug-likeness (QED) is 0.892. The molecule has 1 aliphatic rings. The number of benzene rings is 1. The van der Waals surface area contributed by atoms with Crippen molar-refractivity contribution in [3.05, 3.63) is 29.8 Å². The number of halogens is 3. The molecule has 0 saturated carbocycles. The molecule has 0 spiro atoms. The summed E-state index contributed by atoms with van der Waals surface area (Å²) in [4.78, 5) is 14.3. The Morgan fingerprint density at radius 2 is 1.72 bits per heavy atom. The number of amides is 1. The molecule has 1 aromatic carbocycles. The number of rotatable bonds is 4. The van der Waals surface area contributed by atoms with Gasteiger partial charge in [-0.15, -0.1) is 13.2 Å². The van der Waals surface area contributed by atoms with Gasteiger partial charge in [-0.3, -0.25) is 9.69 Å². The maximum absolute atomic E-state index is 12.2. The van der Waals surface area contributed by atoms with Gasteiger partial charge in [0.2, 0.25) is 5.91 Å². The molecule has 0 atom stereocenters. The fourth-order valence-electron chi connectivity index (χ4n) is 2.69. The van der Waals surface area contributed by atoms with E-state index in [0.29, 0.717) is 6.54 Å². The summed E-state index contributed by atoms with van der Waals surface area (Å²) in [5, 5.41) is 3.08. The minimum absolute atomic E-state index is 0.0613. The first kappa shape index (κ1) is 19.6. The molecule has 0 aromatic heterocycles. The van der Waals surface area contributed by atoms with Gasteiger partial charge in [0.05, 0.1) is 0 Å². The first-order valence-corrected chi connectivity index (χ1v) is 8.41. The van der Waals surface area contributed by atoms with Crippen molar-refractivity contribution >= 4 is 5.91 Å². The van der Waals surface area contributed by atoms with Crippen molar-refractivity contribution in [2.75, 3.05) is 13.1 Å². The highest BCUT2D eigenvalue weighted by Gasteiger charge is 2.31. The lowest BCUT2D eigenvalue weighted by Crippen LogP contribution is -2.47. The Morgan fingerprint density at radius 1 is 1.16 bits per heavy atom. The lowest BCUT2D eigenvalue weighted by molar-refractivity contribution is -0.274. The Bertz CT molecular complexity index is 571. The largest absolute Gasteiger partial charge is 0.573 e. The molecule has 1 heterocycles. The molecule has 140 valence electrons. The van der Waals surface area contributed by atoms with Crippen LogP contribution in [0.1, 0.15) is 39.2 Å². The highest BCUT2D eigenvalue weighted by Crippen LogP contribution is 2.23. The van der Waals surface area contributed by atoms with Crippen LogP contribution in [0.15, 0.2) is 24.3 Å². The summed E-state index contributed by atoms with van der Waals surface area (Å²) in [6, 6.07) is 6.15. The Kier molecular flexibility index (Phi) is 5.98. The first-order valence-electron chi connectivity index (χ1n) is 8.41. The molecule has 0 radical (unpaired) electrons. The number of alkyl halides is 3. The van der Waals surface area contributed by atoms with Crippen molar-refractivity contribution in [2.45, 2.75) is 52.6 Å². The van der Waals surface area contributed by atoms with E-state index in [1.165, 1.54) is 12.1 Å². The molecule has 1 saturated heterocycles. The Morgan fingerprint density at radius 3 is 2.20 bits per heavy atom. The molecular formula is C18H25F3N2O2. The summed E-state index contributed by atoms with van der Waals surface area (Å²) >= 11 is 0. The zero-order valence-corrected chi connectivity index (χ0v) is 14.8. The maximum Gasteiger partial charge on any atom is 0.573 e. The molecule has 25 heavy (non-hydrogen) atoms. The number of ether oxygens (including phenoxy) is 1. The van der Waals surface area contributed by atoms with Crippen LogP contribution in [0.4, 0.5) is 13.2 Å². The summed E-state index contributed by atoms with van der Waals surface area (Å²) in [5.74, 6) is -0.147. The SMILES string of the molecule is CC(C)(C)C(=O)NC1CCN(Cc2ccc(OC(F)(F)F)cc2)CC1. The third kappa shape index (κ3) is 6.57. The van der Waals surface area contributed by atoms with Crippen LogP contribution in [-0.2, 0) is 11.3 Å². The molecule has 7 heteroatoms. The van der Waals surface area contributed by atoms with Crippen molar-refractivity contribution in [3.63, 3.8) is 0 Å². The van der Waals surface area contributed by atoms with Crippen LogP contribution < -0.4 is 10.1 Å². The van der Waals surface area contributed by atoms with Gasteiger partial charge in [-0.25, -0.2) is 0 Å². The molecule has 1 amide bonds. The van der Waals surface area contributed by atoms with E-state index >= 15 is 0 Å². The predicted octanol–water partition coefficient (Wildman–Crippen LogP) is 3.71. The predicted molar refractivity (Wildman–Crippen MR) is 89.0 cm³/mol. The summed E-state index contributed by atoms with van der Waals surface area (Å²) in [5.41, 5.74) is 0.545. The van der Waals surface area contributed by atoms with Gasteiger partial charge in [0.1, 0.15) is 5.75 Å². The molecule has 1 aliphatic heterocycles. The molecule has 4 nitrogen and oxygen atoms in total. The van der Waals surface area contributed by atoms with Gasteiger partial charge < -0.3 is 10.1 Å². The molecule has 0 unspecified atom stereocenters. The number of nitrogens with zero attached hydrogens (tertiary/aromatic N) is 1. The molecule has 2 rings (SSSR count). The van der Waals surface area contributed by atoms with E-state index < -0.39 is 11.8 Å². The maximum atomic E-state index is 12.2. The average Bonchev–Trinajstić information content (AvgIpc) is 2.49. The number of nitrogens with one attached hydrogen (secondary N) is 1. The topological polar surface area (TPSA) is 41.6 Å². The third-order valence-corrected chi connectivity index (χ3v) is 4.17. The van der Waals surface area contributed by atoms with Crippen molar-refractivity contribution < 1.29 is 22.7 Å². The minimum atomic E-state index is -4.67. The number of hydrogen-bond acceptors (Lipinski definition) is 3. The van der Waals surface area contributed by atoms with Crippen molar-refractivity contribution in [2.24, 2.45) is 5.41 Å². The summed E-state index contributed by atoms with van der Waals surface area (Å²) in [7, 11) is 0. The van der Waals surface area contributed by atoms with Crippen LogP contribution in [-0.4, -0.2) is 36.3 Å². The van der Waals surface area contributed by atoms with Crippen molar-refractivity contribution in [1.82, 2.24) is 10.2 Å². The van der Waals surface area contributed by atoms with E-state index in [1.807, 2.05) is 20.8 Å². The second kappa shape index (κ2) is 7.64. The fourth-order valence-corrected chi connectivity index (χ4v) is 2.69. The van der Waals surface area contributed by atoms with Crippen LogP contribution in [0.2, 0.25) is 0 Å². The normalized spacial score (nSPS) is 17.4.